The first-order valence-electron chi connectivity index (χ1n) is 6.70. The molecule has 2 rings (SSSR count). The number of rotatable bonds is 7. The van der Waals surface area contributed by atoms with Crippen LogP contribution in [0.25, 0.3) is 0 Å². The Morgan fingerprint density at radius 1 is 1.09 bits per heavy atom. The largest absolute Gasteiger partial charge is 0.384 e. The van der Waals surface area contributed by atoms with E-state index < -0.39 is 25.6 Å². The highest BCUT2D eigenvalue weighted by Gasteiger charge is 2.27. The summed E-state index contributed by atoms with van der Waals surface area (Å²) in [6.45, 7) is 0.550. The van der Waals surface area contributed by atoms with Crippen molar-refractivity contribution in [2.24, 2.45) is 0 Å². The van der Waals surface area contributed by atoms with Crippen LogP contribution < -0.4 is 4.18 Å². The van der Waals surface area contributed by atoms with Crippen LogP contribution in [0.2, 0.25) is 0 Å². The van der Waals surface area contributed by atoms with Crippen LogP contribution >= 0.6 is 0 Å². The Bertz CT molecular complexity index is 786. The summed E-state index contributed by atoms with van der Waals surface area (Å²) in [7, 11) is -2.69. The van der Waals surface area contributed by atoms with Gasteiger partial charge in [-0.25, -0.2) is 0 Å². The quantitative estimate of drug-likeness (QED) is 0.438. The molecule has 0 aromatic heterocycles. The summed E-state index contributed by atoms with van der Waals surface area (Å²) in [5.41, 5.74) is 0.437. The number of ether oxygens (including phenoxy) is 1. The minimum absolute atomic E-state index is 0.0873. The van der Waals surface area contributed by atoms with E-state index in [0.717, 1.165) is 17.7 Å². The number of para-hydroxylation sites is 1. The van der Waals surface area contributed by atoms with Gasteiger partial charge in [-0.3, -0.25) is 10.1 Å². The maximum atomic E-state index is 12.2. The number of nitrogens with zero attached hydrogens (tertiary/aromatic N) is 1. The molecule has 0 saturated heterocycles. The lowest BCUT2D eigenvalue weighted by atomic mass is 10.1. The van der Waals surface area contributed by atoms with Crippen molar-refractivity contribution in [2.45, 2.75) is 11.3 Å². The van der Waals surface area contributed by atoms with Crippen molar-refractivity contribution in [1.29, 1.82) is 0 Å². The molecule has 0 saturated carbocycles. The van der Waals surface area contributed by atoms with E-state index in [1.165, 1.54) is 24.3 Å². The fourth-order valence-corrected chi connectivity index (χ4v) is 3.02. The molecule has 2 aromatic carbocycles. The number of benzene rings is 2. The molecule has 0 heterocycles. The maximum Gasteiger partial charge on any atom is 0.346 e. The Labute approximate surface area is 133 Å². The van der Waals surface area contributed by atoms with Gasteiger partial charge in [0.1, 0.15) is 5.75 Å². The van der Waals surface area contributed by atoms with E-state index in [-0.39, 0.29) is 5.75 Å². The van der Waals surface area contributed by atoms with E-state index in [1.807, 2.05) is 0 Å². The third-order valence-corrected chi connectivity index (χ3v) is 4.35. The summed E-state index contributed by atoms with van der Waals surface area (Å²) in [5, 5.41) is 10.9. The maximum absolute atomic E-state index is 12.2. The van der Waals surface area contributed by atoms with Crippen LogP contribution in [0.5, 0.6) is 5.75 Å². The number of hydrogen-bond donors (Lipinski definition) is 0. The molecule has 0 N–H and O–H groups in total. The van der Waals surface area contributed by atoms with Gasteiger partial charge in [0.25, 0.3) is 5.69 Å². The van der Waals surface area contributed by atoms with E-state index in [0.29, 0.717) is 13.0 Å². The first kappa shape index (κ1) is 16.9. The molecule has 122 valence electrons. The smallest absolute Gasteiger partial charge is 0.346 e. The van der Waals surface area contributed by atoms with Crippen LogP contribution in [0.4, 0.5) is 5.69 Å². The minimum Gasteiger partial charge on any atom is -0.384 e. The molecule has 0 fully saturated rings. The number of methoxy groups -OCH3 is 1. The SMILES string of the molecule is COCCc1ccc(OS(=O)(=O)c2ccccc2[N+](=O)[O-])cc1. The monoisotopic (exact) mass is 337 g/mol. The third-order valence-electron chi connectivity index (χ3n) is 3.06. The molecular weight excluding hydrogens is 322 g/mol. The third kappa shape index (κ3) is 4.27. The van der Waals surface area contributed by atoms with E-state index in [9.17, 15) is 18.5 Å². The van der Waals surface area contributed by atoms with Gasteiger partial charge >= 0.3 is 10.1 Å². The molecule has 0 bridgehead atoms. The van der Waals surface area contributed by atoms with E-state index in [1.54, 1.807) is 19.2 Å². The molecule has 23 heavy (non-hydrogen) atoms. The zero-order chi connectivity index (χ0) is 16.9. The zero-order valence-corrected chi connectivity index (χ0v) is 13.2. The molecular formula is C15H15NO6S. The highest BCUT2D eigenvalue weighted by Crippen LogP contribution is 2.26. The second kappa shape index (κ2) is 7.21. The van der Waals surface area contributed by atoms with E-state index >= 15 is 0 Å². The van der Waals surface area contributed by atoms with Crippen LogP contribution in [-0.2, 0) is 21.3 Å². The Morgan fingerprint density at radius 2 is 1.74 bits per heavy atom. The molecule has 2 aromatic rings. The predicted molar refractivity (Wildman–Crippen MR) is 82.9 cm³/mol. The van der Waals surface area contributed by atoms with Gasteiger partial charge in [0.2, 0.25) is 0 Å². The number of nitro groups is 1. The van der Waals surface area contributed by atoms with Gasteiger partial charge in [-0.1, -0.05) is 24.3 Å². The summed E-state index contributed by atoms with van der Waals surface area (Å²) < 4.78 is 34.4. The van der Waals surface area contributed by atoms with Crippen molar-refractivity contribution in [3.63, 3.8) is 0 Å². The lowest BCUT2D eigenvalue weighted by Gasteiger charge is -2.08. The first-order chi connectivity index (χ1) is 10.9. The van der Waals surface area contributed by atoms with Crippen molar-refractivity contribution in [3.8, 4) is 5.75 Å². The lowest BCUT2D eigenvalue weighted by molar-refractivity contribution is -0.387. The van der Waals surface area contributed by atoms with Gasteiger partial charge in [-0.05, 0) is 30.2 Å². The number of hydrogen-bond acceptors (Lipinski definition) is 6. The molecule has 0 spiro atoms. The van der Waals surface area contributed by atoms with Gasteiger partial charge in [-0.15, -0.1) is 0 Å². The van der Waals surface area contributed by atoms with Gasteiger partial charge in [0, 0.05) is 13.2 Å². The highest BCUT2D eigenvalue weighted by molar-refractivity contribution is 7.87. The second-order valence-corrected chi connectivity index (χ2v) is 6.16. The first-order valence-corrected chi connectivity index (χ1v) is 8.10. The highest BCUT2D eigenvalue weighted by atomic mass is 32.2. The second-order valence-electron chi connectivity index (χ2n) is 4.65. The normalized spacial score (nSPS) is 11.2. The van der Waals surface area contributed by atoms with E-state index in [2.05, 4.69) is 0 Å². The van der Waals surface area contributed by atoms with Crippen molar-refractivity contribution < 1.29 is 22.3 Å². The number of nitro benzene ring substituents is 1. The summed E-state index contributed by atoms with van der Waals surface area (Å²) in [4.78, 5) is 9.70. The fraction of sp³-hybridized carbons (Fsp3) is 0.200. The van der Waals surface area contributed by atoms with Crippen LogP contribution in [0.1, 0.15) is 5.56 Å². The van der Waals surface area contributed by atoms with Crippen LogP contribution in [0.15, 0.2) is 53.4 Å². The Morgan fingerprint density at radius 3 is 2.35 bits per heavy atom. The molecule has 0 unspecified atom stereocenters. The molecule has 7 nitrogen and oxygen atoms in total. The Balaban J connectivity index is 2.23. The van der Waals surface area contributed by atoms with Gasteiger partial charge in [-0.2, -0.15) is 8.42 Å². The minimum atomic E-state index is -4.29. The fourth-order valence-electron chi connectivity index (χ4n) is 1.92. The van der Waals surface area contributed by atoms with Gasteiger partial charge < -0.3 is 8.92 Å². The average molecular weight is 337 g/mol. The molecule has 0 atom stereocenters. The summed E-state index contributed by atoms with van der Waals surface area (Å²) in [6, 6.07) is 11.5. The summed E-state index contributed by atoms with van der Waals surface area (Å²) >= 11 is 0. The standard InChI is InChI=1S/C15H15NO6S/c1-21-11-10-12-6-8-13(9-7-12)22-23(19,20)15-5-3-2-4-14(15)16(17)18/h2-9H,10-11H2,1H3. The predicted octanol–water partition coefficient (Wildman–Crippen LogP) is 2.55. The summed E-state index contributed by atoms with van der Waals surface area (Å²) in [5.74, 6) is 0.0873. The van der Waals surface area contributed by atoms with Crippen molar-refractivity contribution in [1.82, 2.24) is 0 Å². The molecule has 0 aliphatic carbocycles. The van der Waals surface area contributed by atoms with Crippen LogP contribution in [-0.4, -0.2) is 27.1 Å². The Hall–Kier alpha value is -2.45. The van der Waals surface area contributed by atoms with Crippen molar-refractivity contribution in [3.05, 3.63) is 64.2 Å². The van der Waals surface area contributed by atoms with Crippen molar-refractivity contribution in [2.75, 3.05) is 13.7 Å². The molecule has 0 amide bonds. The van der Waals surface area contributed by atoms with Gasteiger partial charge in [0.15, 0.2) is 4.90 Å². The average Bonchev–Trinajstić information content (AvgIpc) is 2.54. The lowest BCUT2D eigenvalue weighted by Crippen LogP contribution is -2.12. The van der Waals surface area contributed by atoms with E-state index in [4.69, 9.17) is 8.92 Å². The molecule has 0 aliphatic rings. The van der Waals surface area contributed by atoms with Crippen LogP contribution in [0.3, 0.4) is 0 Å². The molecule has 0 radical (unpaired) electrons. The van der Waals surface area contributed by atoms with Gasteiger partial charge in [0.05, 0.1) is 11.5 Å². The summed E-state index contributed by atoms with van der Waals surface area (Å²) in [6.07, 6.45) is 0.688. The van der Waals surface area contributed by atoms with Crippen LogP contribution in [0, 0.1) is 10.1 Å². The molecule has 0 aliphatic heterocycles. The Kier molecular flexibility index (Phi) is 5.30. The zero-order valence-electron chi connectivity index (χ0n) is 12.3. The molecule has 8 heteroatoms. The van der Waals surface area contributed by atoms with Crippen molar-refractivity contribution >= 4 is 15.8 Å². The topological polar surface area (TPSA) is 95.7 Å².